The molecule has 0 bridgehead atoms. The molecule has 2 rings (SSSR count). The topological polar surface area (TPSA) is 68.4 Å². The fraction of sp³-hybridized carbons (Fsp3) is 0.333. The lowest BCUT2D eigenvalue weighted by Gasteiger charge is -2.04. The van der Waals surface area contributed by atoms with Gasteiger partial charge in [0.25, 0.3) is 0 Å². The first kappa shape index (κ1) is 14.3. The highest BCUT2D eigenvalue weighted by molar-refractivity contribution is 6.35. The summed E-state index contributed by atoms with van der Waals surface area (Å²) < 4.78 is 9.88. The predicted octanol–water partition coefficient (Wildman–Crippen LogP) is 2.59. The van der Waals surface area contributed by atoms with Crippen LogP contribution in [0.1, 0.15) is 5.89 Å². The van der Waals surface area contributed by atoms with Crippen LogP contribution in [0.15, 0.2) is 22.7 Å². The molecule has 1 atom stereocenters. The molecule has 102 valence electrons. The number of hydrogen-bond acceptors (Lipinski definition) is 5. The standard InChI is InChI=1S/C12H12Cl2N2O3/c1-18-6-10(17)5-11-15-12(16-19-11)7-2-8(13)4-9(14)3-7/h2-4,10,17H,5-6H2,1H3. The van der Waals surface area contributed by atoms with Gasteiger partial charge in [0.2, 0.25) is 11.7 Å². The zero-order chi connectivity index (χ0) is 13.8. The zero-order valence-corrected chi connectivity index (χ0v) is 11.6. The maximum absolute atomic E-state index is 9.58. The van der Waals surface area contributed by atoms with Crippen LogP contribution in [0.25, 0.3) is 11.4 Å². The first-order chi connectivity index (χ1) is 9.08. The van der Waals surface area contributed by atoms with E-state index in [1.165, 1.54) is 7.11 Å². The summed E-state index contributed by atoms with van der Waals surface area (Å²) in [7, 11) is 1.51. The number of aliphatic hydroxyl groups excluding tert-OH is 1. The van der Waals surface area contributed by atoms with E-state index in [0.29, 0.717) is 27.3 Å². The number of methoxy groups -OCH3 is 1. The van der Waals surface area contributed by atoms with Crippen LogP contribution in [0.2, 0.25) is 10.0 Å². The molecule has 1 heterocycles. The van der Waals surface area contributed by atoms with E-state index in [-0.39, 0.29) is 13.0 Å². The summed E-state index contributed by atoms with van der Waals surface area (Å²) in [5, 5.41) is 14.4. The van der Waals surface area contributed by atoms with Gasteiger partial charge in [0.1, 0.15) is 0 Å². The van der Waals surface area contributed by atoms with Crippen molar-refractivity contribution in [2.45, 2.75) is 12.5 Å². The molecule has 1 aromatic heterocycles. The maximum Gasteiger partial charge on any atom is 0.229 e. The minimum absolute atomic E-state index is 0.209. The van der Waals surface area contributed by atoms with E-state index in [0.717, 1.165) is 0 Å². The second-order valence-electron chi connectivity index (χ2n) is 3.98. The van der Waals surface area contributed by atoms with Crippen molar-refractivity contribution in [2.24, 2.45) is 0 Å². The summed E-state index contributed by atoms with van der Waals surface area (Å²) in [6.45, 7) is 0.209. The number of aliphatic hydroxyl groups is 1. The smallest absolute Gasteiger partial charge is 0.229 e. The van der Waals surface area contributed by atoms with Gasteiger partial charge >= 0.3 is 0 Å². The van der Waals surface area contributed by atoms with Crippen molar-refractivity contribution >= 4 is 23.2 Å². The van der Waals surface area contributed by atoms with Gasteiger partial charge in [-0.25, -0.2) is 0 Å². The second-order valence-corrected chi connectivity index (χ2v) is 4.86. The average Bonchev–Trinajstić information content (AvgIpc) is 2.76. The first-order valence-corrected chi connectivity index (χ1v) is 6.30. The SMILES string of the molecule is COCC(O)Cc1nc(-c2cc(Cl)cc(Cl)c2)no1. The lowest BCUT2D eigenvalue weighted by atomic mass is 10.2. The van der Waals surface area contributed by atoms with E-state index < -0.39 is 6.10 Å². The van der Waals surface area contributed by atoms with Crippen molar-refractivity contribution in [1.29, 1.82) is 0 Å². The van der Waals surface area contributed by atoms with Crippen LogP contribution in [-0.2, 0) is 11.2 Å². The Hall–Kier alpha value is -1.14. The van der Waals surface area contributed by atoms with Gasteiger partial charge in [0.05, 0.1) is 19.1 Å². The third-order valence-corrected chi connectivity index (χ3v) is 2.79. The van der Waals surface area contributed by atoms with E-state index >= 15 is 0 Å². The highest BCUT2D eigenvalue weighted by Crippen LogP contribution is 2.25. The minimum Gasteiger partial charge on any atom is -0.390 e. The summed E-state index contributed by atoms with van der Waals surface area (Å²) in [5.74, 6) is 0.708. The molecular formula is C12H12Cl2N2O3. The number of rotatable bonds is 5. The van der Waals surface area contributed by atoms with Gasteiger partial charge in [-0.05, 0) is 18.2 Å². The van der Waals surface area contributed by atoms with Crippen LogP contribution >= 0.6 is 23.2 Å². The molecule has 2 aromatic rings. The number of ether oxygens (including phenoxy) is 1. The molecule has 0 saturated heterocycles. The van der Waals surface area contributed by atoms with E-state index in [1.807, 2.05) is 0 Å². The van der Waals surface area contributed by atoms with Crippen molar-refractivity contribution < 1.29 is 14.4 Å². The fourth-order valence-electron chi connectivity index (χ4n) is 1.59. The Morgan fingerprint density at radius 1 is 1.32 bits per heavy atom. The predicted molar refractivity (Wildman–Crippen MR) is 71.3 cm³/mol. The van der Waals surface area contributed by atoms with Gasteiger partial charge in [-0.2, -0.15) is 4.98 Å². The van der Waals surface area contributed by atoms with Crippen LogP contribution in [0.5, 0.6) is 0 Å². The monoisotopic (exact) mass is 302 g/mol. The second kappa shape index (κ2) is 6.34. The van der Waals surface area contributed by atoms with E-state index in [1.54, 1.807) is 18.2 Å². The van der Waals surface area contributed by atoms with Crippen molar-refractivity contribution in [2.75, 3.05) is 13.7 Å². The first-order valence-electron chi connectivity index (χ1n) is 5.54. The maximum atomic E-state index is 9.58. The summed E-state index contributed by atoms with van der Waals surface area (Å²) in [5.41, 5.74) is 0.661. The molecule has 0 aliphatic heterocycles. The molecule has 7 heteroatoms. The van der Waals surface area contributed by atoms with Gasteiger partial charge in [-0.1, -0.05) is 28.4 Å². The molecular weight excluding hydrogens is 291 g/mol. The number of halogens is 2. The quantitative estimate of drug-likeness (QED) is 0.919. The average molecular weight is 303 g/mol. The molecule has 0 amide bonds. The van der Waals surface area contributed by atoms with Crippen LogP contribution in [-0.4, -0.2) is 35.1 Å². The third-order valence-electron chi connectivity index (χ3n) is 2.36. The Morgan fingerprint density at radius 3 is 2.63 bits per heavy atom. The number of benzene rings is 1. The highest BCUT2D eigenvalue weighted by Gasteiger charge is 2.13. The molecule has 0 aliphatic rings. The molecule has 1 aromatic carbocycles. The summed E-state index contributed by atoms with van der Waals surface area (Å²) in [4.78, 5) is 4.17. The number of hydrogen-bond donors (Lipinski definition) is 1. The summed E-state index contributed by atoms with van der Waals surface area (Å²) in [6.07, 6.45) is -0.448. The van der Waals surface area contributed by atoms with Crippen molar-refractivity contribution in [3.8, 4) is 11.4 Å². The molecule has 1 N–H and O–H groups in total. The van der Waals surface area contributed by atoms with Gasteiger partial charge < -0.3 is 14.4 Å². The Balaban J connectivity index is 2.16. The molecule has 5 nitrogen and oxygen atoms in total. The molecule has 0 fully saturated rings. The van der Waals surface area contributed by atoms with Gasteiger partial charge in [0, 0.05) is 22.7 Å². The lowest BCUT2D eigenvalue weighted by molar-refractivity contribution is 0.0599. The van der Waals surface area contributed by atoms with Crippen LogP contribution in [0, 0.1) is 0 Å². The molecule has 19 heavy (non-hydrogen) atoms. The third kappa shape index (κ3) is 3.91. The van der Waals surface area contributed by atoms with Crippen molar-refractivity contribution in [1.82, 2.24) is 10.1 Å². The van der Waals surface area contributed by atoms with E-state index in [9.17, 15) is 5.11 Å². The fourth-order valence-corrected chi connectivity index (χ4v) is 2.12. The summed E-state index contributed by atoms with van der Waals surface area (Å²) in [6, 6.07) is 5.00. The molecule has 0 radical (unpaired) electrons. The number of nitrogens with zero attached hydrogens (tertiary/aromatic N) is 2. The Labute approximate surface area is 120 Å². The van der Waals surface area contributed by atoms with E-state index in [2.05, 4.69) is 10.1 Å². The van der Waals surface area contributed by atoms with Crippen molar-refractivity contribution in [3.63, 3.8) is 0 Å². The summed E-state index contributed by atoms with van der Waals surface area (Å²) >= 11 is 11.8. The van der Waals surface area contributed by atoms with Crippen LogP contribution < -0.4 is 0 Å². The lowest BCUT2D eigenvalue weighted by Crippen LogP contribution is -2.17. The molecule has 0 aliphatic carbocycles. The molecule has 0 saturated carbocycles. The Kier molecular flexibility index (Phi) is 4.76. The Bertz CT molecular complexity index is 539. The highest BCUT2D eigenvalue weighted by atomic mass is 35.5. The normalized spacial score (nSPS) is 12.6. The Morgan fingerprint density at radius 2 is 2.00 bits per heavy atom. The largest absolute Gasteiger partial charge is 0.390 e. The van der Waals surface area contributed by atoms with Crippen LogP contribution in [0.4, 0.5) is 0 Å². The van der Waals surface area contributed by atoms with Crippen LogP contribution in [0.3, 0.4) is 0 Å². The van der Waals surface area contributed by atoms with Gasteiger partial charge in [-0.15, -0.1) is 0 Å². The molecule has 0 spiro atoms. The van der Waals surface area contributed by atoms with Gasteiger partial charge in [0.15, 0.2) is 0 Å². The van der Waals surface area contributed by atoms with E-state index in [4.69, 9.17) is 32.5 Å². The zero-order valence-electron chi connectivity index (χ0n) is 10.1. The minimum atomic E-state index is -0.679. The molecule has 1 unspecified atom stereocenters. The van der Waals surface area contributed by atoms with Crippen molar-refractivity contribution in [3.05, 3.63) is 34.1 Å². The number of aromatic nitrogens is 2. The van der Waals surface area contributed by atoms with Gasteiger partial charge in [-0.3, -0.25) is 0 Å².